The monoisotopic (exact) mass is 210 g/mol. The van der Waals surface area contributed by atoms with Gasteiger partial charge in [-0.15, -0.1) is 0 Å². The molecule has 0 heterocycles. The second-order valence-electron chi connectivity index (χ2n) is 3.62. The SMILES string of the molecule is CC(C)(OOCC(=O)O)c1ccccc1. The number of aliphatic carboxylic acids is 1. The van der Waals surface area contributed by atoms with Gasteiger partial charge in [0, 0.05) is 0 Å². The molecule has 4 nitrogen and oxygen atoms in total. The number of benzene rings is 1. The van der Waals surface area contributed by atoms with Crippen molar-refractivity contribution >= 4 is 5.97 Å². The van der Waals surface area contributed by atoms with E-state index in [0.29, 0.717) is 0 Å². The van der Waals surface area contributed by atoms with E-state index in [1.807, 2.05) is 44.2 Å². The summed E-state index contributed by atoms with van der Waals surface area (Å²) >= 11 is 0. The molecule has 0 aliphatic heterocycles. The maximum absolute atomic E-state index is 10.2. The lowest BCUT2D eigenvalue weighted by Gasteiger charge is -2.23. The molecule has 1 rings (SSSR count). The van der Waals surface area contributed by atoms with Crippen LogP contribution in [0, 0.1) is 0 Å². The van der Waals surface area contributed by atoms with Gasteiger partial charge in [0.25, 0.3) is 0 Å². The van der Waals surface area contributed by atoms with Crippen molar-refractivity contribution in [2.24, 2.45) is 0 Å². The molecule has 0 radical (unpaired) electrons. The Bertz CT molecular complexity index is 319. The first-order valence-electron chi connectivity index (χ1n) is 4.60. The second kappa shape index (κ2) is 4.91. The van der Waals surface area contributed by atoms with Gasteiger partial charge in [0.2, 0.25) is 0 Å². The van der Waals surface area contributed by atoms with Crippen LogP contribution in [0.5, 0.6) is 0 Å². The lowest BCUT2D eigenvalue weighted by Crippen LogP contribution is -2.23. The van der Waals surface area contributed by atoms with E-state index in [1.54, 1.807) is 0 Å². The van der Waals surface area contributed by atoms with Crippen molar-refractivity contribution in [2.45, 2.75) is 19.4 Å². The smallest absolute Gasteiger partial charge is 0.333 e. The first-order chi connectivity index (χ1) is 7.02. The molecule has 0 aliphatic rings. The Morgan fingerprint density at radius 2 is 1.93 bits per heavy atom. The van der Waals surface area contributed by atoms with Gasteiger partial charge in [-0.25, -0.2) is 14.6 Å². The highest BCUT2D eigenvalue weighted by Gasteiger charge is 2.22. The lowest BCUT2D eigenvalue weighted by molar-refractivity contribution is -0.354. The molecule has 1 aromatic carbocycles. The lowest BCUT2D eigenvalue weighted by atomic mass is 9.99. The molecule has 0 aliphatic carbocycles. The summed E-state index contributed by atoms with van der Waals surface area (Å²) in [6.45, 7) is 3.16. The van der Waals surface area contributed by atoms with E-state index in [0.717, 1.165) is 5.56 Å². The minimum absolute atomic E-state index is 0.462. The van der Waals surface area contributed by atoms with Crippen molar-refractivity contribution in [3.63, 3.8) is 0 Å². The van der Waals surface area contributed by atoms with E-state index in [4.69, 9.17) is 9.99 Å². The zero-order valence-electron chi connectivity index (χ0n) is 8.77. The van der Waals surface area contributed by atoms with Gasteiger partial charge < -0.3 is 5.11 Å². The summed E-state index contributed by atoms with van der Waals surface area (Å²) in [6.07, 6.45) is 0. The number of carboxylic acids is 1. The summed E-state index contributed by atoms with van der Waals surface area (Å²) in [5, 5.41) is 8.38. The van der Waals surface area contributed by atoms with E-state index in [2.05, 4.69) is 4.89 Å². The molecular formula is C11H14O4. The summed E-state index contributed by atoms with van der Waals surface area (Å²) in [6, 6.07) is 9.46. The van der Waals surface area contributed by atoms with Crippen LogP contribution in [-0.2, 0) is 20.2 Å². The maximum Gasteiger partial charge on any atom is 0.333 e. The first-order valence-corrected chi connectivity index (χ1v) is 4.60. The van der Waals surface area contributed by atoms with E-state index in [1.165, 1.54) is 0 Å². The molecule has 0 saturated carbocycles. The second-order valence-corrected chi connectivity index (χ2v) is 3.62. The van der Waals surface area contributed by atoms with Crippen LogP contribution >= 0.6 is 0 Å². The molecule has 0 saturated heterocycles. The molecule has 0 aromatic heterocycles. The number of hydrogen-bond acceptors (Lipinski definition) is 3. The highest BCUT2D eigenvalue weighted by Crippen LogP contribution is 2.24. The summed E-state index contributed by atoms with van der Waals surface area (Å²) in [5.74, 6) is -1.06. The van der Waals surface area contributed by atoms with Crippen LogP contribution in [-0.4, -0.2) is 17.7 Å². The van der Waals surface area contributed by atoms with Gasteiger partial charge in [-0.05, 0) is 19.4 Å². The summed E-state index contributed by atoms with van der Waals surface area (Å²) in [5.41, 5.74) is 0.270. The molecule has 1 aromatic rings. The topological polar surface area (TPSA) is 55.8 Å². The van der Waals surface area contributed by atoms with E-state index in [-0.39, 0.29) is 0 Å². The predicted molar refractivity (Wildman–Crippen MR) is 54.1 cm³/mol. The van der Waals surface area contributed by atoms with E-state index >= 15 is 0 Å². The first kappa shape index (κ1) is 11.7. The Kier molecular flexibility index (Phi) is 3.82. The Morgan fingerprint density at radius 1 is 1.33 bits per heavy atom. The van der Waals surface area contributed by atoms with Gasteiger partial charge in [0.05, 0.1) is 0 Å². The minimum atomic E-state index is -1.06. The predicted octanol–water partition coefficient (Wildman–Crippen LogP) is 1.95. The average Bonchev–Trinajstić information content (AvgIpc) is 2.18. The molecule has 0 unspecified atom stereocenters. The largest absolute Gasteiger partial charge is 0.479 e. The third-order valence-corrected chi connectivity index (χ3v) is 1.92. The van der Waals surface area contributed by atoms with Crippen LogP contribution in [0.4, 0.5) is 0 Å². The van der Waals surface area contributed by atoms with Crippen molar-refractivity contribution < 1.29 is 19.7 Å². The van der Waals surface area contributed by atoms with Crippen molar-refractivity contribution in [1.29, 1.82) is 0 Å². The standard InChI is InChI=1S/C11H14O4/c1-11(2,15-14-8-10(12)13)9-6-4-3-5-7-9/h3-7H,8H2,1-2H3,(H,12,13). The fraction of sp³-hybridized carbons (Fsp3) is 0.364. The van der Waals surface area contributed by atoms with Gasteiger partial charge in [0.15, 0.2) is 6.61 Å². The highest BCUT2D eigenvalue weighted by molar-refractivity contribution is 5.67. The number of carbonyl (C=O) groups is 1. The zero-order chi connectivity index (χ0) is 11.3. The third-order valence-electron chi connectivity index (χ3n) is 1.92. The fourth-order valence-corrected chi connectivity index (χ4v) is 1.11. The van der Waals surface area contributed by atoms with Gasteiger partial charge in [0.1, 0.15) is 5.60 Å². The fourth-order valence-electron chi connectivity index (χ4n) is 1.11. The molecule has 4 heteroatoms. The van der Waals surface area contributed by atoms with E-state index < -0.39 is 18.2 Å². The Balaban J connectivity index is 2.56. The number of hydrogen-bond donors (Lipinski definition) is 1. The minimum Gasteiger partial charge on any atom is -0.479 e. The van der Waals surface area contributed by atoms with Crippen molar-refractivity contribution in [1.82, 2.24) is 0 Å². The zero-order valence-corrected chi connectivity index (χ0v) is 8.77. The molecular weight excluding hydrogens is 196 g/mol. The molecule has 82 valence electrons. The third kappa shape index (κ3) is 3.69. The molecule has 0 spiro atoms. The van der Waals surface area contributed by atoms with Crippen molar-refractivity contribution in [3.8, 4) is 0 Å². The van der Waals surface area contributed by atoms with Crippen LogP contribution in [0.25, 0.3) is 0 Å². The summed E-state index contributed by atoms with van der Waals surface area (Å²) < 4.78 is 0. The van der Waals surface area contributed by atoms with Gasteiger partial charge >= 0.3 is 5.97 Å². The van der Waals surface area contributed by atoms with Crippen LogP contribution in [0.2, 0.25) is 0 Å². The summed E-state index contributed by atoms with van der Waals surface area (Å²) in [7, 11) is 0. The molecule has 15 heavy (non-hydrogen) atoms. The number of carboxylic acid groups (broad SMARTS) is 1. The van der Waals surface area contributed by atoms with Crippen LogP contribution in [0.3, 0.4) is 0 Å². The van der Waals surface area contributed by atoms with E-state index in [9.17, 15) is 4.79 Å². The Morgan fingerprint density at radius 3 is 2.47 bits per heavy atom. The Labute approximate surface area is 88.4 Å². The molecule has 0 fully saturated rings. The summed E-state index contributed by atoms with van der Waals surface area (Å²) in [4.78, 5) is 19.9. The van der Waals surface area contributed by atoms with Crippen molar-refractivity contribution in [3.05, 3.63) is 35.9 Å². The quantitative estimate of drug-likeness (QED) is 0.596. The average molecular weight is 210 g/mol. The van der Waals surface area contributed by atoms with Crippen LogP contribution in [0.15, 0.2) is 30.3 Å². The highest BCUT2D eigenvalue weighted by atomic mass is 17.2. The molecule has 0 bridgehead atoms. The number of rotatable bonds is 5. The van der Waals surface area contributed by atoms with Gasteiger partial charge in [-0.2, -0.15) is 0 Å². The van der Waals surface area contributed by atoms with Crippen LogP contribution in [0.1, 0.15) is 19.4 Å². The maximum atomic E-state index is 10.2. The molecule has 1 N–H and O–H groups in total. The molecule has 0 amide bonds. The molecule has 0 atom stereocenters. The Hall–Kier alpha value is -1.39. The van der Waals surface area contributed by atoms with Gasteiger partial charge in [-0.3, -0.25) is 0 Å². The van der Waals surface area contributed by atoms with Crippen LogP contribution < -0.4 is 0 Å². The van der Waals surface area contributed by atoms with Gasteiger partial charge in [-0.1, -0.05) is 30.3 Å². The van der Waals surface area contributed by atoms with Crippen molar-refractivity contribution in [2.75, 3.05) is 6.61 Å². The normalized spacial score (nSPS) is 11.3.